The monoisotopic (exact) mass is 446 g/mol. The number of nitrogens with zero attached hydrogens (tertiary/aromatic N) is 1. The fourth-order valence-corrected chi connectivity index (χ4v) is 5.16. The van der Waals surface area contributed by atoms with Gasteiger partial charge in [0.05, 0.1) is 4.90 Å². The van der Waals surface area contributed by atoms with Crippen molar-refractivity contribution < 1.29 is 32.2 Å². The third-order valence-corrected chi connectivity index (χ3v) is 7.03. The van der Waals surface area contributed by atoms with Gasteiger partial charge in [-0.05, 0) is 44.0 Å². The molecule has 4 rings (SSSR count). The number of amides is 1. The smallest absolute Gasteiger partial charge is 0.324 e. The van der Waals surface area contributed by atoms with E-state index in [-0.39, 0.29) is 18.2 Å². The van der Waals surface area contributed by atoms with Gasteiger partial charge in [-0.3, -0.25) is 9.59 Å². The third kappa shape index (κ3) is 4.49. The van der Waals surface area contributed by atoms with Gasteiger partial charge in [-0.1, -0.05) is 17.7 Å². The number of anilines is 1. The molecule has 2 aliphatic heterocycles. The van der Waals surface area contributed by atoms with E-state index in [0.717, 1.165) is 9.87 Å². The molecule has 31 heavy (non-hydrogen) atoms. The van der Waals surface area contributed by atoms with E-state index in [1.54, 1.807) is 30.3 Å². The van der Waals surface area contributed by atoms with Crippen LogP contribution >= 0.6 is 0 Å². The molecule has 10 heteroatoms. The summed E-state index contributed by atoms with van der Waals surface area (Å²) < 4.78 is 42.6. The largest absolute Gasteiger partial charge is 0.454 e. The van der Waals surface area contributed by atoms with E-state index in [4.69, 9.17) is 14.2 Å². The lowest BCUT2D eigenvalue weighted by Crippen LogP contribution is -2.42. The number of rotatable bonds is 6. The molecule has 0 radical (unpaired) electrons. The van der Waals surface area contributed by atoms with Crippen LogP contribution in [0.5, 0.6) is 11.5 Å². The van der Waals surface area contributed by atoms with Gasteiger partial charge in [0.2, 0.25) is 16.8 Å². The van der Waals surface area contributed by atoms with E-state index >= 15 is 0 Å². The summed E-state index contributed by atoms with van der Waals surface area (Å²) in [6.07, 6.45) is 0.877. The maximum Gasteiger partial charge on any atom is 0.324 e. The number of ether oxygens (including phenoxy) is 3. The van der Waals surface area contributed by atoms with Gasteiger partial charge in [0, 0.05) is 18.3 Å². The van der Waals surface area contributed by atoms with E-state index in [1.165, 1.54) is 12.1 Å². The average molecular weight is 446 g/mol. The predicted octanol–water partition coefficient (Wildman–Crippen LogP) is 2.06. The zero-order chi connectivity index (χ0) is 22.0. The fraction of sp³-hybridized carbons (Fsp3) is 0.333. The number of hydrogen-bond acceptors (Lipinski definition) is 7. The minimum atomic E-state index is -3.84. The molecule has 2 aromatic carbocycles. The van der Waals surface area contributed by atoms with E-state index in [0.29, 0.717) is 30.0 Å². The van der Waals surface area contributed by atoms with Crippen LogP contribution in [0.3, 0.4) is 0 Å². The number of hydrogen-bond donors (Lipinski definition) is 1. The Morgan fingerprint density at radius 2 is 1.87 bits per heavy atom. The van der Waals surface area contributed by atoms with Gasteiger partial charge in [0.25, 0.3) is 5.91 Å². The van der Waals surface area contributed by atoms with Crippen LogP contribution in [0.25, 0.3) is 0 Å². The Hall–Kier alpha value is -3.11. The molecule has 1 fully saturated rings. The molecule has 2 aliphatic rings. The van der Waals surface area contributed by atoms with Crippen molar-refractivity contribution in [2.45, 2.75) is 30.7 Å². The Labute approximate surface area is 179 Å². The van der Waals surface area contributed by atoms with Gasteiger partial charge in [-0.25, -0.2) is 8.42 Å². The summed E-state index contributed by atoms with van der Waals surface area (Å²) in [5.41, 5.74) is 1.40. The molecule has 0 aromatic heterocycles. The SMILES string of the molecule is Cc1ccc(S(=O)(=O)N2CCC[C@@H]2C(=O)OCC(=O)Nc2ccc3c(c2)OCO3)cc1. The summed E-state index contributed by atoms with van der Waals surface area (Å²) in [6, 6.07) is 10.4. The standard InChI is InChI=1S/C21H22N2O7S/c1-14-4-7-16(8-5-14)31(26,27)23-10-2-3-17(23)21(25)28-12-20(24)22-15-6-9-18-19(11-15)30-13-29-18/h4-9,11,17H,2-3,10,12-13H2,1H3,(H,22,24)/t17-/m1/s1. The summed E-state index contributed by atoms with van der Waals surface area (Å²) in [5, 5.41) is 2.61. The Morgan fingerprint density at radius 1 is 1.13 bits per heavy atom. The highest BCUT2D eigenvalue weighted by molar-refractivity contribution is 7.89. The van der Waals surface area contributed by atoms with Gasteiger partial charge in [-0.2, -0.15) is 4.31 Å². The van der Waals surface area contributed by atoms with Gasteiger partial charge >= 0.3 is 5.97 Å². The first kappa shape index (κ1) is 21.1. The molecule has 9 nitrogen and oxygen atoms in total. The van der Waals surface area contributed by atoms with Gasteiger partial charge < -0.3 is 19.5 Å². The van der Waals surface area contributed by atoms with Crippen molar-refractivity contribution in [2.24, 2.45) is 0 Å². The van der Waals surface area contributed by atoms with E-state index in [2.05, 4.69) is 5.32 Å². The van der Waals surface area contributed by atoms with Crippen LogP contribution in [0.1, 0.15) is 18.4 Å². The second kappa shape index (κ2) is 8.56. The first-order chi connectivity index (χ1) is 14.8. The molecule has 1 amide bonds. The molecule has 0 saturated carbocycles. The van der Waals surface area contributed by atoms with Crippen LogP contribution in [0.2, 0.25) is 0 Å². The average Bonchev–Trinajstić information content (AvgIpc) is 3.42. The summed E-state index contributed by atoms with van der Waals surface area (Å²) in [6.45, 7) is 1.68. The Balaban J connectivity index is 1.36. The van der Waals surface area contributed by atoms with Crippen molar-refractivity contribution in [3.05, 3.63) is 48.0 Å². The first-order valence-corrected chi connectivity index (χ1v) is 11.2. The van der Waals surface area contributed by atoms with E-state index in [1.807, 2.05) is 6.92 Å². The minimum absolute atomic E-state index is 0.119. The highest BCUT2D eigenvalue weighted by Crippen LogP contribution is 2.34. The summed E-state index contributed by atoms with van der Waals surface area (Å²) in [5.74, 6) is -0.189. The van der Waals surface area contributed by atoms with Crippen molar-refractivity contribution in [3.8, 4) is 11.5 Å². The molecule has 1 N–H and O–H groups in total. The van der Waals surface area contributed by atoms with Crippen molar-refractivity contribution in [1.82, 2.24) is 4.31 Å². The van der Waals surface area contributed by atoms with E-state index < -0.39 is 34.5 Å². The fourth-order valence-electron chi connectivity index (χ4n) is 3.51. The zero-order valence-corrected chi connectivity index (χ0v) is 17.7. The molecule has 1 atom stereocenters. The Kier molecular flexibility index (Phi) is 5.84. The normalized spacial score (nSPS) is 18.0. The molecular weight excluding hydrogens is 424 g/mol. The van der Waals surface area contributed by atoms with Gasteiger partial charge in [0.15, 0.2) is 18.1 Å². The number of benzene rings is 2. The molecule has 0 aliphatic carbocycles. The molecule has 164 valence electrons. The molecule has 2 aromatic rings. The number of carbonyl (C=O) groups is 2. The molecule has 0 unspecified atom stereocenters. The molecular formula is C21H22N2O7S. The molecule has 2 heterocycles. The highest BCUT2D eigenvalue weighted by Gasteiger charge is 2.40. The minimum Gasteiger partial charge on any atom is -0.454 e. The second-order valence-corrected chi connectivity index (χ2v) is 9.20. The molecule has 0 bridgehead atoms. The van der Waals surface area contributed by atoms with Crippen LogP contribution in [0.4, 0.5) is 5.69 Å². The summed E-state index contributed by atoms with van der Waals surface area (Å²) in [7, 11) is -3.84. The first-order valence-electron chi connectivity index (χ1n) is 9.79. The number of esters is 1. The lowest BCUT2D eigenvalue weighted by molar-refractivity contribution is -0.150. The van der Waals surface area contributed by atoms with Crippen LogP contribution in [-0.2, 0) is 24.3 Å². The van der Waals surface area contributed by atoms with Crippen LogP contribution in [0.15, 0.2) is 47.4 Å². The molecule has 0 spiro atoms. The lowest BCUT2D eigenvalue weighted by atomic mass is 10.2. The second-order valence-electron chi connectivity index (χ2n) is 7.31. The summed E-state index contributed by atoms with van der Waals surface area (Å²) in [4.78, 5) is 24.8. The van der Waals surface area contributed by atoms with Crippen LogP contribution < -0.4 is 14.8 Å². The number of fused-ring (bicyclic) bond motifs is 1. The maximum absolute atomic E-state index is 12.9. The van der Waals surface area contributed by atoms with Gasteiger partial charge in [-0.15, -0.1) is 0 Å². The lowest BCUT2D eigenvalue weighted by Gasteiger charge is -2.22. The number of carbonyl (C=O) groups excluding carboxylic acids is 2. The predicted molar refractivity (Wildman–Crippen MR) is 110 cm³/mol. The Morgan fingerprint density at radius 3 is 2.65 bits per heavy atom. The maximum atomic E-state index is 12.9. The Bertz CT molecular complexity index is 1100. The topological polar surface area (TPSA) is 111 Å². The van der Waals surface area contributed by atoms with Crippen molar-refractivity contribution in [1.29, 1.82) is 0 Å². The van der Waals surface area contributed by atoms with Crippen LogP contribution in [0, 0.1) is 6.92 Å². The quantitative estimate of drug-likeness (QED) is 0.676. The summed E-state index contributed by atoms with van der Waals surface area (Å²) >= 11 is 0. The third-order valence-electron chi connectivity index (χ3n) is 5.11. The van der Waals surface area contributed by atoms with Crippen LogP contribution in [-0.4, -0.2) is 50.6 Å². The number of sulfonamides is 1. The van der Waals surface area contributed by atoms with E-state index in [9.17, 15) is 18.0 Å². The van der Waals surface area contributed by atoms with Crippen molar-refractivity contribution in [3.63, 3.8) is 0 Å². The number of nitrogens with one attached hydrogen (secondary N) is 1. The zero-order valence-electron chi connectivity index (χ0n) is 16.9. The molecule has 1 saturated heterocycles. The number of aryl methyl sites for hydroxylation is 1. The van der Waals surface area contributed by atoms with Crippen molar-refractivity contribution in [2.75, 3.05) is 25.3 Å². The van der Waals surface area contributed by atoms with Gasteiger partial charge in [0.1, 0.15) is 6.04 Å². The van der Waals surface area contributed by atoms with Crippen molar-refractivity contribution >= 4 is 27.6 Å². The highest BCUT2D eigenvalue weighted by atomic mass is 32.2.